The monoisotopic (exact) mass is 299 g/mol. The van der Waals surface area contributed by atoms with Crippen LogP contribution in [0.15, 0.2) is 42.5 Å². The Kier molecular flexibility index (Phi) is 4.78. The van der Waals surface area contributed by atoms with E-state index in [4.69, 9.17) is 4.74 Å². The largest absolute Gasteiger partial charge is 0.507 e. The molecule has 1 amide bonds. The molecule has 0 bridgehead atoms. The van der Waals surface area contributed by atoms with Crippen molar-refractivity contribution < 1.29 is 19.4 Å². The van der Waals surface area contributed by atoms with Crippen molar-refractivity contribution in [3.05, 3.63) is 59.2 Å². The number of hydrogen-bond donors (Lipinski definition) is 2. The third kappa shape index (κ3) is 3.85. The minimum absolute atomic E-state index is 0.0364. The summed E-state index contributed by atoms with van der Waals surface area (Å²) in [4.78, 5) is 23.6. The van der Waals surface area contributed by atoms with Gasteiger partial charge in [-0.2, -0.15) is 0 Å². The Labute approximate surface area is 128 Å². The van der Waals surface area contributed by atoms with Crippen molar-refractivity contribution in [1.82, 2.24) is 0 Å². The molecule has 5 heteroatoms. The van der Waals surface area contributed by atoms with Crippen LogP contribution in [0, 0.1) is 13.8 Å². The van der Waals surface area contributed by atoms with E-state index in [1.165, 1.54) is 12.1 Å². The van der Waals surface area contributed by atoms with Crippen LogP contribution in [-0.2, 0) is 9.53 Å². The van der Waals surface area contributed by atoms with Crippen molar-refractivity contribution in [2.75, 3.05) is 11.9 Å². The van der Waals surface area contributed by atoms with Gasteiger partial charge in [0.2, 0.25) is 0 Å². The fourth-order valence-corrected chi connectivity index (χ4v) is 1.92. The van der Waals surface area contributed by atoms with Crippen LogP contribution in [0.25, 0.3) is 0 Å². The van der Waals surface area contributed by atoms with Crippen molar-refractivity contribution in [3.8, 4) is 5.75 Å². The molecule has 0 spiro atoms. The van der Waals surface area contributed by atoms with Gasteiger partial charge in [0, 0.05) is 5.69 Å². The molecule has 0 heterocycles. The molecule has 5 nitrogen and oxygen atoms in total. The molecule has 2 aromatic carbocycles. The van der Waals surface area contributed by atoms with Gasteiger partial charge in [-0.05, 0) is 43.2 Å². The number of ether oxygens (including phenoxy) is 1. The summed E-state index contributed by atoms with van der Waals surface area (Å²) in [5.74, 6) is -1.34. The molecule has 0 aliphatic heterocycles. The van der Waals surface area contributed by atoms with Crippen LogP contribution in [0.2, 0.25) is 0 Å². The van der Waals surface area contributed by atoms with Crippen LogP contribution in [0.1, 0.15) is 21.5 Å². The number of phenolic OH excluding ortho intramolecular Hbond substituents is 1. The van der Waals surface area contributed by atoms with Gasteiger partial charge in [0.25, 0.3) is 5.91 Å². The zero-order chi connectivity index (χ0) is 16.1. The Morgan fingerprint density at radius 3 is 2.55 bits per heavy atom. The smallest absolute Gasteiger partial charge is 0.342 e. The van der Waals surface area contributed by atoms with E-state index in [-0.39, 0.29) is 11.3 Å². The quantitative estimate of drug-likeness (QED) is 0.851. The predicted octanol–water partition coefficient (Wildman–Crippen LogP) is 2.80. The van der Waals surface area contributed by atoms with E-state index < -0.39 is 18.5 Å². The molecule has 0 saturated carbocycles. The van der Waals surface area contributed by atoms with Gasteiger partial charge in [-0.3, -0.25) is 4.79 Å². The fraction of sp³-hybridized carbons (Fsp3) is 0.176. The molecule has 0 radical (unpaired) electrons. The number of aryl methyl sites for hydroxylation is 2. The average Bonchev–Trinajstić information content (AvgIpc) is 2.47. The van der Waals surface area contributed by atoms with Crippen LogP contribution >= 0.6 is 0 Å². The lowest BCUT2D eigenvalue weighted by Gasteiger charge is -2.09. The second kappa shape index (κ2) is 6.76. The third-order valence-corrected chi connectivity index (χ3v) is 3.13. The number of aromatic hydroxyl groups is 1. The molecule has 2 aromatic rings. The lowest BCUT2D eigenvalue weighted by molar-refractivity contribution is -0.119. The second-order valence-corrected chi connectivity index (χ2v) is 4.96. The maximum atomic E-state index is 11.8. The van der Waals surface area contributed by atoms with Crippen molar-refractivity contribution in [3.63, 3.8) is 0 Å². The molecule has 2 rings (SSSR count). The summed E-state index contributed by atoms with van der Waals surface area (Å²) in [5.41, 5.74) is 2.45. The lowest BCUT2D eigenvalue weighted by atomic mass is 10.1. The number of phenols is 1. The lowest BCUT2D eigenvalue weighted by Crippen LogP contribution is -2.21. The molecule has 2 N–H and O–H groups in total. The molecule has 0 atom stereocenters. The molecule has 0 aromatic heterocycles. The number of rotatable bonds is 4. The summed E-state index contributed by atoms with van der Waals surface area (Å²) in [7, 11) is 0. The maximum Gasteiger partial charge on any atom is 0.342 e. The molecule has 0 aliphatic carbocycles. The van der Waals surface area contributed by atoms with Crippen LogP contribution < -0.4 is 5.32 Å². The number of benzene rings is 2. The fourth-order valence-electron chi connectivity index (χ4n) is 1.92. The standard InChI is InChI=1S/C17H17NO4/c1-11-7-8-13(15(19)9-11)17(21)22-10-16(20)18-14-6-4-3-5-12(14)2/h3-9,19H,10H2,1-2H3,(H,18,20). The SMILES string of the molecule is Cc1ccc(C(=O)OCC(=O)Nc2ccccc2C)c(O)c1. The number of carbonyl (C=O) groups excluding carboxylic acids is 2. The highest BCUT2D eigenvalue weighted by molar-refractivity contribution is 5.97. The first kappa shape index (κ1) is 15.6. The van der Waals surface area contributed by atoms with Crippen LogP contribution in [0.3, 0.4) is 0 Å². The normalized spacial score (nSPS) is 10.1. The van der Waals surface area contributed by atoms with Crippen LogP contribution in [0.5, 0.6) is 5.75 Å². The van der Waals surface area contributed by atoms with E-state index in [0.29, 0.717) is 5.69 Å². The molecule has 0 fully saturated rings. The first-order valence-corrected chi connectivity index (χ1v) is 6.79. The highest BCUT2D eigenvalue weighted by Gasteiger charge is 2.14. The third-order valence-electron chi connectivity index (χ3n) is 3.13. The number of esters is 1. The number of hydrogen-bond acceptors (Lipinski definition) is 4. The molecular formula is C17H17NO4. The number of amides is 1. The first-order valence-electron chi connectivity index (χ1n) is 6.79. The van der Waals surface area contributed by atoms with E-state index >= 15 is 0 Å². The van der Waals surface area contributed by atoms with Crippen molar-refractivity contribution in [2.24, 2.45) is 0 Å². The van der Waals surface area contributed by atoms with Gasteiger partial charge in [-0.25, -0.2) is 4.79 Å². The van der Waals surface area contributed by atoms with Gasteiger partial charge >= 0.3 is 5.97 Å². The zero-order valence-corrected chi connectivity index (χ0v) is 12.4. The van der Waals surface area contributed by atoms with E-state index in [0.717, 1.165) is 11.1 Å². The van der Waals surface area contributed by atoms with Gasteiger partial charge in [0.15, 0.2) is 6.61 Å². The summed E-state index contributed by atoms with van der Waals surface area (Å²) in [6.45, 7) is 3.25. The van der Waals surface area contributed by atoms with Gasteiger partial charge < -0.3 is 15.2 Å². The number of anilines is 1. The molecule has 0 aliphatic rings. The summed E-state index contributed by atoms with van der Waals surface area (Å²) in [6.07, 6.45) is 0. The van der Waals surface area contributed by atoms with E-state index in [9.17, 15) is 14.7 Å². The van der Waals surface area contributed by atoms with Crippen molar-refractivity contribution in [1.29, 1.82) is 0 Å². The zero-order valence-electron chi connectivity index (χ0n) is 12.4. The summed E-state index contributed by atoms with van der Waals surface area (Å²) >= 11 is 0. The Morgan fingerprint density at radius 2 is 1.86 bits per heavy atom. The van der Waals surface area contributed by atoms with Crippen LogP contribution in [0.4, 0.5) is 5.69 Å². The van der Waals surface area contributed by atoms with E-state index in [2.05, 4.69) is 5.32 Å². The summed E-state index contributed by atoms with van der Waals surface area (Å²) in [5, 5.41) is 12.4. The second-order valence-electron chi connectivity index (χ2n) is 4.96. The van der Waals surface area contributed by atoms with Gasteiger partial charge in [-0.1, -0.05) is 24.3 Å². The molecule has 0 saturated heterocycles. The first-order chi connectivity index (χ1) is 10.5. The van der Waals surface area contributed by atoms with Crippen molar-refractivity contribution in [2.45, 2.75) is 13.8 Å². The Bertz CT molecular complexity index is 710. The molecule has 114 valence electrons. The number of carbonyl (C=O) groups is 2. The summed E-state index contributed by atoms with van der Waals surface area (Å²) < 4.78 is 4.91. The minimum Gasteiger partial charge on any atom is -0.507 e. The van der Waals surface area contributed by atoms with Gasteiger partial charge in [-0.15, -0.1) is 0 Å². The average molecular weight is 299 g/mol. The van der Waals surface area contributed by atoms with Crippen molar-refractivity contribution >= 4 is 17.6 Å². The van der Waals surface area contributed by atoms with Gasteiger partial charge in [0.05, 0.1) is 0 Å². The molecule has 0 unspecified atom stereocenters. The highest BCUT2D eigenvalue weighted by atomic mass is 16.5. The van der Waals surface area contributed by atoms with E-state index in [1.807, 2.05) is 19.1 Å². The maximum absolute atomic E-state index is 11.8. The Hall–Kier alpha value is -2.82. The Balaban J connectivity index is 1.93. The van der Waals surface area contributed by atoms with Crippen LogP contribution in [-0.4, -0.2) is 23.6 Å². The predicted molar refractivity (Wildman–Crippen MR) is 82.9 cm³/mol. The summed E-state index contributed by atoms with van der Waals surface area (Å²) in [6, 6.07) is 11.9. The van der Waals surface area contributed by atoms with Gasteiger partial charge in [0.1, 0.15) is 11.3 Å². The Morgan fingerprint density at radius 1 is 1.14 bits per heavy atom. The number of nitrogens with one attached hydrogen (secondary N) is 1. The number of para-hydroxylation sites is 1. The van der Waals surface area contributed by atoms with E-state index in [1.54, 1.807) is 25.1 Å². The topological polar surface area (TPSA) is 75.6 Å². The highest BCUT2D eigenvalue weighted by Crippen LogP contribution is 2.19. The minimum atomic E-state index is -0.738. The molecule has 22 heavy (non-hydrogen) atoms. The molecular weight excluding hydrogens is 282 g/mol.